The summed E-state index contributed by atoms with van der Waals surface area (Å²) >= 11 is 0. The van der Waals surface area contributed by atoms with Crippen molar-refractivity contribution in [3.63, 3.8) is 0 Å². The molecule has 3 rings (SSSR count). The van der Waals surface area contributed by atoms with Crippen LogP contribution in [0, 0.1) is 12.8 Å². The average Bonchev–Trinajstić information content (AvgIpc) is 3.16. The molecule has 0 fully saturated rings. The quantitative estimate of drug-likeness (QED) is 0.837. The van der Waals surface area contributed by atoms with Crippen molar-refractivity contribution >= 4 is 11.8 Å². The van der Waals surface area contributed by atoms with Gasteiger partial charge in [0.15, 0.2) is 0 Å². The van der Waals surface area contributed by atoms with Gasteiger partial charge in [-0.1, -0.05) is 26.0 Å². The Labute approximate surface area is 178 Å². The monoisotopic (exact) mass is 412 g/mol. The molecule has 0 unspecified atom stereocenters. The van der Waals surface area contributed by atoms with Gasteiger partial charge in [0.05, 0.1) is 11.6 Å². The maximum Gasteiger partial charge on any atom is 0.274 e. The zero-order valence-electron chi connectivity index (χ0n) is 18.4. The van der Waals surface area contributed by atoms with Crippen LogP contribution in [-0.2, 0) is 0 Å². The molecule has 2 heterocycles. The van der Waals surface area contributed by atoms with E-state index in [2.05, 4.69) is 24.0 Å². The van der Waals surface area contributed by atoms with Gasteiger partial charge in [-0.05, 0) is 50.3 Å². The summed E-state index contributed by atoms with van der Waals surface area (Å²) in [7, 11) is 1.81. The van der Waals surface area contributed by atoms with E-state index >= 15 is 0 Å². The Bertz CT molecular complexity index is 877. The topological polar surface area (TPSA) is 78.5 Å². The number of nitrogens with one attached hydrogen (secondary N) is 1. The normalized spacial score (nSPS) is 18.4. The van der Waals surface area contributed by atoms with E-state index in [0.717, 1.165) is 25.0 Å². The number of H-pyrrole nitrogens is 1. The maximum atomic E-state index is 13.3. The summed E-state index contributed by atoms with van der Waals surface area (Å²) in [6.45, 7) is 7.74. The van der Waals surface area contributed by atoms with E-state index in [9.17, 15) is 9.59 Å². The number of carbonyl (C=O) groups excluding carboxylic acids is 2. The molecule has 1 aromatic heterocycles. The molecule has 0 aliphatic carbocycles. The third-order valence-electron chi connectivity index (χ3n) is 5.41. The van der Waals surface area contributed by atoms with Gasteiger partial charge >= 0.3 is 0 Å². The Kier molecular flexibility index (Phi) is 7.13. The van der Waals surface area contributed by atoms with Crippen molar-refractivity contribution in [2.45, 2.75) is 46.1 Å². The van der Waals surface area contributed by atoms with E-state index in [-0.39, 0.29) is 17.9 Å². The van der Waals surface area contributed by atoms with Crippen LogP contribution in [0.2, 0.25) is 0 Å². The second-order valence-electron chi connectivity index (χ2n) is 8.46. The third-order valence-corrected chi connectivity index (χ3v) is 5.41. The standard InChI is InChI=1S/C23H32N4O3/c1-16(2)13-18-15-30-21-10-6-5-9-19(21)22(28)26(4)11-7-8-12-27(18)23(29)20-14-17(3)24-25-20/h5-6,9-10,14,16,18H,7-8,11-13,15H2,1-4H3,(H,24,25)/t18-/m0/s1. The van der Waals surface area contributed by atoms with E-state index in [0.29, 0.717) is 42.6 Å². The highest BCUT2D eigenvalue weighted by molar-refractivity contribution is 5.96. The van der Waals surface area contributed by atoms with E-state index in [1.165, 1.54) is 0 Å². The van der Waals surface area contributed by atoms with Crippen LogP contribution >= 0.6 is 0 Å². The highest BCUT2D eigenvalue weighted by Crippen LogP contribution is 2.23. The van der Waals surface area contributed by atoms with E-state index in [1.807, 2.05) is 37.1 Å². The zero-order chi connectivity index (χ0) is 21.7. The SMILES string of the molecule is Cc1cc(C(=O)N2CCCCN(C)C(=O)c3ccccc3OC[C@@H]2CC(C)C)n[nH]1. The Hall–Kier alpha value is -2.83. The van der Waals surface area contributed by atoms with Crippen LogP contribution in [0.1, 0.15) is 59.7 Å². The first kappa shape index (κ1) is 21.9. The summed E-state index contributed by atoms with van der Waals surface area (Å²) in [5.41, 5.74) is 1.85. The summed E-state index contributed by atoms with van der Waals surface area (Å²) in [4.78, 5) is 29.8. The molecule has 1 aromatic carbocycles. The Morgan fingerprint density at radius 1 is 1.27 bits per heavy atom. The van der Waals surface area contributed by atoms with E-state index in [1.54, 1.807) is 17.0 Å². The minimum absolute atomic E-state index is 0.0356. The molecule has 0 bridgehead atoms. The molecular formula is C23H32N4O3. The molecule has 1 atom stereocenters. The molecule has 7 heteroatoms. The summed E-state index contributed by atoms with van der Waals surface area (Å²) in [5, 5.41) is 7.05. The summed E-state index contributed by atoms with van der Waals surface area (Å²) in [6.07, 6.45) is 2.44. The number of amides is 2. The lowest BCUT2D eigenvalue weighted by atomic mass is 10.0. The number of hydrogen-bond donors (Lipinski definition) is 1. The fourth-order valence-electron chi connectivity index (χ4n) is 3.85. The molecule has 0 radical (unpaired) electrons. The van der Waals surface area contributed by atoms with E-state index < -0.39 is 0 Å². The van der Waals surface area contributed by atoms with Crippen LogP contribution in [0.4, 0.5) is 0 Å². The van der Waals surface area contributed by atoms with Crippen molar-refractivity contribution in [3.8, 4) is 5.75 Å². The van der Waals surface area contributed by atoms with Crippen molar-refractivity contribution in [1.82, 2.24) is 20.0 Å². The average molecular weight is 413 g/mol. The third kappa shape index (κ3) is 5.20. The Morgan fingerprint density at radius 3 is 2.70 bits per heavy atom. The molecule has 2 aromatic rings. The summed E-state index contributed by atoms with van der Waals surface area (Å²) in [6, 6.07) is 9.02. The number of ether oxygens (including phenoxy) is 1. The van der Waals surface area contributed by atoms with Crippen molar-refractivity contribution in [2.24, 2.45) is 5.92 Å². The number of nitrogens with zero attached hydrogens (tertiary/aromatic N) is 3. The number of aromatic nitrogens is 2. The van der Waals surface area contributed by atoms with Crippen LogP contribution in [0.5, 0.6) is 5.75 Å². The van der Waals surface area contributed by atoms with Crippen LogP contribution in [0.15, 0.2) is 30.3 Å². The molecule has 0 spiro atoms. The number of fused-ring (bicyclic) bond motifs is 1. The number of rotatable bonds is 3. The lowest BCUT2D eigenvalue weighted by molar-refractivity contribution is 0.0553. The van der Waals surface area contributed by atoms with Gasteiger partial charge in [0, 0.05) is 25.8 Å². The number of aromatic amines is 1. The second-order valence-corrected chi connectivity index (χ2v) is 8.46. The summed E-state index contributed by atoms with van der Waals surface area (Å²) < 4.78 is 6.14. The first-order chi connectivity index (χ1) is 14.4. The smallest absolute Gasteiger partial charge is 0.274 e. The molecule has 1 aliphatic heterocycles. The predicted octanol–water partition coefficient (Wildman–Crippen LogP) is 3.52. The minimum atomic E-state index is -0.102. The largest absolute Gasteiger partial charge is 0.491 e. The second kappa shape index (κ2) is 9.78. The van der Waals surface area contributed by atoms with Crippen molar-refractivity contribution in [3.05, 3.63) is 47.3 Å². The molecule has 30 heavy (non-hydrogen) atoms. The Morgan fingerprint density at radius 2 is 2.00 bits per heavy atom. The molecule has 7 nitrogen and oxygen atoms in total. The lowest BCUT2D eigenvalue weighted by Crippen LogP contribution is -2.45. The fourth-order valence-corrected chi connectivity index (χ4v) is 3.85. The van der Waals surface area contributed by atoms with Gasteiger partial charge < -0.3 is 14.5 Å². The molecule has 162 valence electrons. The lowest BCUT2D eigenvalue weighted by Gasteiger charge is -2.33. The highest BCUT2D eigenvalue weighted by atomic mass is 16.5. The highest BCUT2D eigenvalue weighted by Gasteiger charge is 2.28. The van der Waals surface area contributed by atoms with Gasteiger partial charge in [-0.2, -0.15) is 5.10 Å². The predicted molar refractivity (Wildman–Crippen MR) is 116 cm³/mol. The first-order valence-electron chi connectivity index (χ1n) is 10.7. The van der Waals surface area contributed by atoms with Crippen LogP contribution in [-0.4, -0.2) is 64.6 Å². The van der Waals surface area contributed by atoms with Gasteiger partial charge in [0.1, 0.15) is 18.1 Å². The zero-order valence-corrected chi connectivity index (χ0v) is 18.4. The molecule has 1 aliphatic rings. The molecule has 0 saturated heterocycles. The van der Waals surface area contributed by atoms with Crippen molar-refractivity contribution in [1.29, 1.82) is 0 Å². The molecular weight excluding hydrogens is 380 g/mol. The van der Waals surface area contributed by atoms with Crippen molar-refractivity contribution < 1.29 is 14.3 Å². The van der Waals surface area contributed by atoms with E-state index in [4.69, 9.17) is 4.74 Å². The number of para-hydroxylation sites is 1. The van der Waals surface area contributed by atoms with Gasteiger partial charge in [0.25, 0.3) is 11.8 Å². The molecule has 0 saturated carbocycles. The number of hydrogen-bond acceptors (Lipinski definition) is 4. The van der Waals surface area contributed by atoms with Crippen molar-refractivity contribution in [2.75, 3.05) is 26.7 Å². The maximum absolute atomic E-state index is 13.3. The number of aryl methyl sites for hydroxylation is 1. The Balaban J connectivity index is 1.92. The fraction of sp³-hybridized carbons (Fsp3) is 0.522. The minimum Gasteiger partial charge on any atom is -0.491 e. The van der Waals surface area contributed by atoms with Crippen LogP contribution < -0.4 is 4.74 Å². The summed E-state index contributed by atoms with van der Waals surface area (Å²) in [5.74, 6) is 0.840. The molecule has 2 amide bonds. The van der Waals surface area contributed by atoms with Gasteiger partial charge in [-0.3, -0.25) is 14.7 Å². The van der Waals surface area contributed by atoms with Crippen LogP contribution in [0.3, 0.4) is 0 Å². The van der Waals surface area contributed by atoms with Gasteiger partial charge in [0.2, 0.25) is 0 Å². The van der Waals surface area contributed by atoms with Gasteiger partial charge in [-0.25, -0.2) is 0 Å². The van der Waals surface area contributed by atoms with Crippen LogP contribution in [0.25, 0.3) is 0 Å². The molecule has 1 N–H and O–H groups in total. The first-order valence-corrected chi connectivity index (χ1v) is 10.7. The van der Waals surface area contributed by atoms with Gasteiger partial charge in [-0.15, -0.1) is 0 Å². The number of carbonyl (C=O) groups is 2. The number of benzene rings is 1.